The van der Waals surface area contributed by atoms with E-state index in [0.29, 0.717) is 23.1 Å². The van der Waals surface area contributed by atoms with Gasteiger partial charge in [0.1, 0.15) is 5.75 Å². The summed E-state index contributed by atoms with van der Waals surface area (Å²) < 4.78 is 5.29. The Kier molecular flexibility index (Phi) is 5.50. The molecule has 0 saturated heterocycles. The molecule has 1 aromatic carbocycles. The van der Waals surface area contributed by atoms with Crippen LogP contribution in [0.1, 0.15) is 13.3 Å². The molecule has 96 valence electrons. The molecule has 1 aromatic rings. The van der Waals surface area contributed by atoms with Gasteiger partial charge in [0, 0.05) is 12.1 Å². The number of terminal acetylenes is 1. The quantitative estimate of drug-likeness (QED) is 0.802. The molecule has 5 heteroatoms. The van der Waals surface area contributed by atoms with Crippen LogP contribution in [0.4, 0.5) is 5.69 Å². The van der Waals surface area contributed by atoms with Crippen LogP contribution in [0, 0.1) is 12.3 Å². The fourth-order valence-corrected chi connectivity index (χ4v) is 1.54. The van der Waals surface area contributed by atoms with Crippen molar-refractivity contribution in [3.05, 3.63) is 23.2 Å². The van der Waals surface area contributed by atoms with Crippen molar-refractivity contribution in [2.45, 2.75) is 19.4 Å². The Morgan fingerprint density at radius 3 is 2.94 bits per heavy atom. The van der Waals surface area contributed by atoms with Crippen LogP contribution in [0.5, 0.6) is 5.75 Å². The van der Waals surface area contributed by atoms with E-state index in [2.05, 4.69) is 11.2 Å². The van der Waals surface area contributed by atoms with Crippen molar-refractivity contribution in [3.63, 3.8) is 0 Å². The van der Waals surface area contributed by atoms with Crippen LogP contribution in [-0.2, 0) is 4.79 Å². The van der Waals surface area contributed by atoms with Crippen molar-refractivity contribution >= 4 is 23.2 Å². The number of ether oxygens (including phenoxy) is 1. The molecule has 0 heterocycles. The highest BCUT2D eigenvalue weighted by Crippen LogP contribution is 2.27. The van der Waals surface area contributed by atoms with E-state index in [4.69, 9.17) is 28.5 Å². The molecule has 0 aliphatic carbocycles. The third-order valence-corrected chi connectivity index (χ3v) is 2.47. The highest BCUT2D eigenvalue weighted by atomic mass is 35.5. The molecule has 1 atom stereocenters. The number of rotatable bonds is 5. The number of benzene rings is 1. The van der Waals surface area contributed by atoms with Crippen LogP contribution in [0.3, 0.4) is 0 Å². The van der Waals surface area contributed by atoms with Crippen molar-refractivity contribution in [3.8, 4) is 18.1 Å². The SMILES string of the molecule is C#CCC(N)C(=O)Nc1ccc(OCC)c(Cl)c1. The molecule has 3 N–H and O–H groups in total. The minimum atomic E-state index is -0.722. The van der Waals surface area contributed by atoms with Gasteiger partial charge in [0.15, 0.2) is 0 Å². The molecule has 0 bridgehead atoms. The Labute approximate surface area is 111 Å². The lowest BCUT2D eigenvalue weighted by atomic mass is 10.2. The second kappa shape index (κ2) is 6.90. The summed E-state index contributed by atoms with van der Waals surface area (Å²) in [7, 11) is 0. The van der Waals surface area contributed by atoms with E-state index in [0.717, 1.165) is 0 Å². The van der Waals surface area contributed by atoms with E-state index < -0.39 is 6.04 Å². The second-order valence-corrected chi connectivity index (χ2v) is 3.99. The van der Waals surface area contributed by atoms with Gasteiger partial charge in [0.25, 0.3) is 0 Å². The molecule has 0 radical (unpaired) electrons. The highest BCUT2D eigenvalue weighted by Gasteiger charge is 2.12. The number of hydrogen-bond acceptors (Lipinski definition) is 3. The first-order valence-corrected chi connectivity index (χ1v) is 5.88. The molecule has 0 aliphatic rings. The van der Waals surface area contributed by atoms with Crippen LogP contribution in [-0.4, -0.2) is 18.6 Å². The minimum absolute atomic E-state index is 0.191. The monoisotopic (exact) mass is 266 g/mol. The van der Waals surface area contributed by atoms with Gasteiger partial charge in [-0.05, 0) is 25.1 Å². The van der Waals surface area contributed by atoms with Crippen molar-refractivity contribution in [2.24, 2.45) is 5.73 Å². The topological polar surface area (TPSA) is 64.4 Å². The molecule has 1 unspecified atom stereocenters. The van der Waals surface area contributed by atoms with Gasteiger partial charge in [-0.1, -0.05) is 11.6 Å². The smallest absolute Gasteiger partial charge is 0.242 e. The summed E-state index contributed by atoms with van der Waals surface area (Å²) >= 11 is 5.99. The number of hydrogen-bond donors (Lipinski definition) is 2. The second-order valence-electron chi connectivity index (χ2n) is 3.58. The van der Waals surface area contributed by atoms with E-state index in [-0.39, 0.29) is 12.3 Å². The van der Waals surface area contributed by atoms with E-state index in [1.165, 1.54) is 0 Å². The fraction of sp³-hybridized carbons (Fsp3) is 0.308. The largest absolute Gasteiger partial charge is 0.492 e. The zero-order valence-corrected chi connectivity index (χ0v) is 10.8. The van der Waals surface area contributed by atoms with Gasteiger partial charge in [-0.2, -0.15) is 0 Å². The molecule has 0 saturated carbocycles. The van der Waals surface area contributed by atoms with Crippen molar-refractivity contribution in [1.82, 2.24) is 0 Å². The zero-order chi connectivity index (χ0) is 13.5. The average Bonchev–Trinajstić information content (AvgIpc) is 2.33. The van der Waals surface area contributed by atoms with Crippen LogP contribution < -0.4 is 15.8 Å². The van der Waals surface area contributed by atoms with Gasteiger partial charge in [0.2, 0.25) is 5.91 Å². The van der Waals surface area contributed by atoms with Gasteiger partial charge < -0.3 is 15.8 Å². The molecule has 1 rings (SSSR count). The number of halogens is 1. The molecule has 0 spiro atoms. The van der Waals surface area contributed by atoms with E-state index in [1.807, 2.05) is 6.92 Å². The van der Waals surface area contributed by atoms with Gasteiger partial charge in [-0.25, -0.2) is 0 Å². The average molecular weight is 267 g/mol. The van der Waals surface area contributed by atoms with E-state index >= 15 is 0 Å². The maximum atomic E-state index is 11.6. The lowest BCUT2D eigenvalue weighted by Gasteiger charge is -2.11. The van der Waals surface area contributed by atoms with Gasteiger partial charge in [-0.15, -0.1) is 12.3 Å². The molecule has 0 aromatic heterocycles. The Balaban J connectivity index is 2.72. The number of amides is 1. The summed E-state index contributed by atoms with van der Waals surface area (Å²) in [6.45, 7) is 2.39. The molecule has 0 fully saturated rings. The first-order valence-electron chi connectivity index (χ1n) is 5.50. The summed E-state index contributed by atoms with van der Waals surface area (Å²) in [6.07, 6.45) is 5.28. The molecule has 0 aliphatic heterocycles. The van der Waals surface area contributed by atoms with Crippen molar-refractivity contribution in [1.29, 1.82) is 0 Å². The Hall–Kier alpha value is -1.70. The van der Waals surface area contributed by atoms with Crippen LogP contribution >= 0.6 is 11.6 Å². The maximum absolute atomic E-state index is 11.6. The summed E-state index contributed by atoms with van der Waals surface area (Å²) in [5.74, 6) is 2.57. The first-order chi connectivity index (χ1) is 8.58. The van der Waals surface area contributed by atoms with Crippen molar-refractivity contribution < 1.29 is 9.53 Å². The molecule has 18 heavy (non-hydrogen) atoms. The summed E-state index contributed by atoms with van der Waals surface area (Å²) in [4.78, 5) is 11.6. The Bertz CT molecular complexity index is 469. The maximum Gasteiger partial charge on any atom is 0.242 e. The van der Waals surface area contributed by atoms with Crippen molar-refractivity contribution in [2.75, 3.05) is 11.9 Å². The van der Waals surface area contributed by atoms with Gasteiger partial charge in [0.05, 0.1) is 17.7 Å². The summed E-state index contributed by atoms with van der Waals surface area (Å²) in [5.41, 5.74) is 6.14. The number of carbonyl (C=O) groups excluding carboxylic acids is 1. The standard InChI is InChI=1S/C13H15ClN2O2/c1-3-5-11(15)13(17)16-9-6-7-12(18-4-2)10(14)8-9/h1,6-8,11H,4-5,15H2,2H3,(H,16,17). The summed E-state index contributed by atoms with van der Waals surface area (Å²) in [5, 5.41) is 3.07. The predicted octanol–water partition coefficient (Wildman–Crippen LogP) is 2.03. The molecular formula is C13H15ClN2O2. The lowest BCUT2D eigenvalue weighted by molar-refractivity contribution is -0.117. The van der Waals surface area contributed by atoms with E-state index in [9.17, 15) is 4.79 Å². The Morgan fingerprint density at radius 1 is 1.67 bits per heavy atom. The minimum Gasteiger partial charge on any atom is -0.492 e. The van der Waals surface area contributed by atoms with Gasteiger partial charge in [-0.3, -0.25) is 4.79 Å². The predicted molar refractivity (Wildman–Crippen MR) is 72.7 cm³/mol. The van der Waals surface area contributed by atoms with Crippen LogP contribution in [0.25, 0.3) is 0 Å². The molecular weight excluding hydrogens is 252 g/mol. The number of anilines is 1. The van der Waals surface area contributed by atoms with Crippen LogP contribution in [0.15, 0.2) is 18.2 Å². The molecule has 1 amide bonds. The fourth-order valence-electron chi connectivity index (χ4n) is 1.31. The van der Waals surface area contributed by atoms with E-state index in [1.54, 1.807) is 18.2 Å². The third-order valence-electron chi connectivity index (χ3n) is 2.17. The van der Waals surface area contributed by atoms with Gasteiger partial charge >= 0.3 is 0 Å². The normalized spacial score (nSPS) is 11.4. The number of carbonyl (C=O) groups is 1. The zero-order valence-electron chi connectivity index (χ0n) is 10.1. The number of nitrogens with two attached hydrogens (primary N) is 1. The van der Waals surface area contributed by atoms with Crippen LogP contribution in [0.2, 0.25) is 5.02 Å². The Morgan fingerprint density at radius 2 is 2.39 bits per heavy atom. The lowest BCUT2D eigenvalue weighted by Crippen LogP contribution is -2.35. The third kappa shape index (κ3) is 3.95. The first kappa shape index (κ1) is 14.4. The summed E-state index contributed by atoms with van der Waals surface area (Å²) in [6, 6.07) is 4.26. The molecule has 4 nitrogen and oxygen atoms in total. The number of nitrogens with one attached hydrogen (secondary N) is 1. The highest BCUT2D eigenvalue weighted by molar-refractivity contribution is 6.32.